The molecule has 0 spiro atoms. The zero-order valence-corrected chi connectivity index (χ0v) is 14.7. The largest absolute Gasteiger partial charge is 0.270 e. The van der Waals surface area contributed by atoms with E-state index in [1.165, 1.54) is 40.9 Å². The fourth-order valence-electron chi connectivity index (χ4n) is 2.18. The van der Waals surface area contributed by atoms with Gasteiger partial charge in [-0.05, 0) is 35.9 Å². The van der Waals surface area contributed by atoms with Crippen LogP contribution in [0.15, 0.2) is 64.4 Å². The average molecular weight is 376 g/mol. The predicted molar refractivity (Wildman–Crippen MR) is 99.9 cm³/mol. The van der Waals surface area contributed by atoms with Gasteiger partial charge in [-0.1, -0.05) is 54.3 Å². The minimum Gasteiger partial charge on any atom is -0.268 e. The number of carbonyl (C=O) groups excluding carboxylic acids is 1. The molecule has 0 unspecified atom stereocenters. The zero-order valence-electron chi connectivity index (χ0n) is 12.2. The van der Waals surface area contributed by atoms with Gasteiger partial charge in [-0.3, -0.25) is 9.69 Å². The van der Waals surface area contributed by atoms with E-state index in [2.05, 4.69) is 0 Å². The molecule has 1 aliphatic heterocycles. The second-order valence-electron chi connectivity index (χ2n) is 4.97. The van der Waals surface area contributed by atoms with Crippen molar-refractivity contribution in [3.63, 3.8) is 0 Å². The molecule has 1 saturated heterocycles. The summed E-state index contributed by atoms with van der Waals surface area (Å²) in [4.78, 5) is 14.5. The van der Waals surface area contributed by atoms with E-state index >= 15 is 0 Å². The molecule has 1 amide bonds. The second kappa shape index (κ2) is 6.48. The van der Waals surface area contributed by atoms with Crippen LogP contribution in [0.1, 0.15) is 5.56 Å². The average Bonchev–Trinajstić information content (AvgIpc) is 2.82. The molecule has 24 heavy (non-hydrogen) atoms. The highest BCUT2D eigenvalue weighted by Gasteiger charge is 2.33. The van der Waals surface area contributed by atoms with Gasteiger partial charge in [-0.15, -0.1) is 0 Å². The number of nitrogens with zero attached hydrogens (tertiary/aromatic N) is 1. The number of primary sulfonamides is 1. The van der Waals surface area contributed by atoms with Gasteiger partial charge in [0, 0.05) is 0 Å². The predicted octanol–water partition coefficient (Wildman–Crippen LogP) is 2.74. The Morgan fingerprint density at radius 2 is 1.67 bits per heavy atom. The lowest BCUT2D eigenvalue weighted by Crippen LogP contribution is -2.27. The first kappa shape index (κ1) is 16.8. The van der Waals surface area contributed by atoms with E-state index in [-0.39, 0.29) is 10.8 Å². The summed E-state index contributed by atoms with van der Waals surface area (Å²) in [7, 11) is -3.77. The summed E-state index contributed by atoms with van der Waals surface area (Å²) in [6.07, 6.45) is 1.78. The first-order chi connectivity index (χ1) is 11.4. The maximum absolute atomic E-state index is 12.6. The molecule has 1 fully saturated rings. The molecule has 8 heteroatoms. The number of carbonyl (C=O) groups is 1. The number of hydrogen-bond acceptors (Lipinski definition) is 5. The van der Waals surface area contributed by atoms with Crippen molar-refractivity contribution in [2.75, 3.05) is 4.90 Å². The van der Waals surface area contributed by atoms with E-state index in [9.17, 15) is 13.2 Å². The highest BCUT2D eigenvalue weighted by Crippen LogP contribution is 2.36. The van der Waals surface area contributed by atoms with Crippen molar-refractivity contribution < 1.29 is 13.2 Å². The second-order valence-corrected chi connectivity index (χ2v) is 8.20. The van der Waals surface area contributed by atoms with E-state index < -0.39 is 10.0 Å². The Labute approximate surface area is 149 Å². The van der Waals surface area contributed by atoms with Gasteiger partial charge in [0.25, 0.3) is 5.91 Å². The molecule has 1 heterocycles. The van der Waals surface area contributed by atoms with Crippen LogP contribution in [0, 0.1) is 0 Å². The summed E-state index contributed by atoms with van der Waals surface area (Å²) in [6.45, 7) is 0. The number of rotatable bonds is 3. The van der Waals surface area contributed by atoms with Crippen LogP contribution in [-0.2, 0) is 14.8 Å². The minimum atomic E-state index is -3.77. The summed E-state index contributed by atoms with van der Waals surface area (Å²) >= 11 is 6.49. The van der Waals surface area contributed by atoms with Crippen molar-refractivity contribution in [1.29, 1.82) is 0 Å². The molecule has 5 nitrogen and oxygen atoms in total. The van der Waals surface area contributed by atoms with E-state index in [0.717, 1.165) is 5.56 Å². The van der Waals surface area contributed by atoms with E-state index in [1.807, 2.05) is 30.3 Å². The molecule has 0 aromatic heterocycles. The normalized spacial score (nSPS) is 16.9. The Hall–Kier alpha value is -2.00. The molecule has 0 aliphatic carbocycles. The summed E-state index contributed by atoms with van der Waals surface area (Å²) in [5.74, 6) is -0.239. The highest BCUT2D eigenvalue weighted by atomic mass is 32.2. The summed E-state index contributed by atoms with van der Waals surface area (Å²) in [6, 6.07) is 15.2. The van der Waals surface area contributed by atoms with Crippen LogP contribution >= 0.6 is 24.0 Å². The molecule has 0 atom stereocenters. The monoisotopic (exact) mass is 376 g/mol. The van der Waals surface area contributed by atoms with Gasteiger partial charge in [0.1, 0.15) is 0 Å². The number of thiocarbonyl (C=S) groups is 1. The summed E-state index contributed by atoms with van der Waals surface area (Å²) < 4.78 is 23.0. The van der Waals surface area contributed by atoms with Crippen molar-refractivity contribution in [2.45, 2.75) is 4.90 Å². The molecule has 1 aliphatic rings. The molecular formula is C16H12N2O3S3. The third kappa shape index (κ3) is 3.41. The Kier molecular flexibility index (Phi) is 4.55. The maximum atomic E-state index is 12.6. The lowest BCUT2D eigenvalue weighted by molar-refractivity contribution is -0.113. The van der Waals surface area contributed by atoms with Crippen molar-refractivity contribution >= 4 is 56.0 Å². The molecule has 2 N–H and O–H groups in total. The summed E-state index contributed by atoms with van der Waals surface area (Å²) in [5.41, 5.74) is 1.41. The molecule has 2 aromatic carbocycles. The molecule has 122 valence electrons. The van der Waals surface area contributed by atoms with Gasteiger partial charge in [-0.2, -0.15) is 0 Å². The molecule has 0 saturated carbocycles. The molecule has 3 rings (SSSR count). The lowest BCUT2D eigenvalue weighted by Gasteiger charge is -2.14. The smallest absolute Gasteiger partial charge is 0.268 e. The third-order valence-electron chi connectivity index (χ3n) is 3.31. The van der Waals surface area contributed by atoms with Crippen LogP contribution in [-0.4, -0.2) is 18.6 Å². The van der Waals surface area contributed by atoms with Gasteiger partial charge < -0.3 is 0 Å². The van der Waals surface area contributed by atoms with Crippen molar-refractivity contribution in [1.82, 2.24) is 0 Å². The SMILES string of the molecule is NS(=O)(=O)c1ccc(N2C(=O)C(=Cc3ccccc3)SC2=S)cc1. The van der Waals surface area contributed by atoms with Gasteiger partial charge in [0.05, 0.1) is 15.5 Å². The van der Waals surface area contributed by atoms with Crippen LogP contribution in [0.2, 0.25) is 0 Å². The fourth-order valence-corrected chi connectivity index (χ4v) is 3.99. The Bertz CT molecular complexity index is 936. The van der Waals surface area contributed by atoms with Crippen LogP contribution in [0.4, 0.5) is 5.69 Å². The number of anilines is 1. The Balaban J connectivity index is 1.91. The Morgan fingerprint density at radius 3 is 2.25 bits per heavy atom. The fraction of sp³-hybridized carbons (Fsp3) is 0. The van der Waals surface area contributed by atoms with Crippen LogP contribution in [0.3, 0.4) is 0 Å². The third-order valence-corrected chi connectivity index (χ3v) is 5.55. The van der Waals surface area contributed by atoms with E-state index in [0.29, 0.717) is 14.9 Å². The van der Waals surface area contributed by atoms with E-state index in [4.69, 9.17) is 17.4 Å². The van der Waals surface area contributed by atoms with Crippen molar-refractivity contribution in [3.05, 3.63) is 65.1 Å². The first-order valence-corrected chi connectivity index (χ1v) is 9.59. The molecule has 0 bridgehead atoms. The lowest BCUT2D eigenvalue weighted by atomic mass is 10.2. The standard InChI is InChI=1S/C16H12N2O3S3/c17-24(20,21)13-8-6-12(7-9-13)18-15(19)14(23-16(18)22)10-11-4-2-1-3-5-11/h1-10H,(H2,17,20,21). The van der Waals surface area contributed by atoms with Crippen LogP contribution in [0.25, 0.3) is 6.08 Å². The maximum Gasteiger partial charge on any atom is 0.270 e. The topological polar surface area (TPSA) is 80.5 Å². The number of sulfonamides is 1. The number of benzene rings is 2. The van der Waals surface area contributed by atoms with Crippen LogP contribution < -0.4 is 10.0 Å². The number of nitrogens with two attached hydrogens (primary N) is 1. The minimum absolute atomic E-state index is 0.0171. The van der Waals surface area contributed by atoms with Gasteiger partial charge in [0.2, 0.25) is 10.0 Å². The number of hydrogen-bond donors (Lipinski definition) is 1. The van der Waals surface area contributed by atoms with Gasteiger partial charge >= 0.3 is 0 Å². The van der Waals surface area contributed by atoms with Gasteiger partial charge in [-0.25, -0.2) is 13.6 Å². The summed E-state index contributed by atoms with van der Waals surface area (Å²) in [5, 5.41) is 5.08. The molecule has 2 aromatic rings. The quantitative estimate of drug-likeness (QED) is 0.658. The van der Waals surface area contributed by atoms with E-state index in [1.54, 1.807) is 6.08 Å². The Morgan fingerprint density at radius 1 is 1.04 bits per heavy atom. The van der Waals surface area contributed by atoms with Gasteiger partial charge in [0.15, 0.2) is 4.32 Å². The zero-order chi connectivity index (χ0) is 17.3. The first-order valence-electron chi connectivity index (χ1n) is 6.82. The van der Waals surface area contributed by atoms with Crippen molar-refractivity contribution in [2.24, 2.45) is 5.14 Å². The van der Waals surface area contributed by atoms with Crippen LogP contribution in [0.5, 0.6) is 0 Å². The number of amides is 1. The number of thioether (sulfide) groups is 1. The molecule has 0 radical (unpaired) electrons. The molecular weight excluding hydrogens is 364 g/mol. The van der Waals surface area contributed by atoms with Crippen molar-refractivity contribution in [3.8, 4) is 0 Å². The highest BCUT2D eigenvalue weighted by molar-refractivity contribution is 8.27.